The topological polar surface area (TPSA) is 113 Å². The molecule has 0 saturated carbocycles. The van der Waals surface area contributed by atoms with E-state index in [0.717, 1.165) is 11.1 Å². The normalized spacial score (nSPS) is 9.88. The van der Waals surface area contributed by atoms with Crippen LogP contribution in [-0.2, 0) is 11.2 Å². The lowest BCUT2D eigenvalue weighted by Gasteiger charge is -2.11. The second-order valence-electron chi connectivity index (χ2n) is 5.36. The SMILES string of the molecule is Cc1ccccc1CC(=O)NC(=S)NNC(=O)c1ccc([N+](=O)[O-])cc1. The van der Waals surface area contributed by atoms with Crippen LogP contribution in [0.1, 0.15) is 21.5 Å². The minimum absolute atomic E-state index is 0.0566. The average molecular weight is 372 g/mol. The van der Waals surface area contributed by atoms with Crippen LogP contribution >= 0.6 is 12.2 Å². The van der Waals surface area contributed by atoms with Crippen LogP contribution in [0.5, 0.6) is 0 Å². The van der Waals surface area contributed by atoms with Gasteiger partial charge in [-0.05, 0) is 42.4 Å². The van der Waals surface area contributed by atoms with Crippen LogP contribution in [0.2, 0.25) is 0 Å². The van der Waals surface area contributed by atoms with Crippen LogP contribution in [0.15, 0.2) is 48.5 Å². The number of nitro groups is 1. The van der Waals surface area contributed by atoms with Crippen molar-refractivity contribution >= 4 is 34.8 Å². The van der Waals surface area contributed by atoms with Gasteiger partial charge in [0.15, 0.2) is 5.11 Å². The lowest BCUT2D eigenvalue weighted by atomic mass is 10.1. The summed E-state index contributed by atoms with van der Waals surface area (Å²) in [5, 5.41) is 13.0. The Labute approximate surface area is 154 Å². The molecule has 26 heavy (non-hydrogen) atoms. The zero-order valence-corrected chi connectivity index (χ0v) is 14.6. The van der Waals surface area contributed by atoms with Gasteiger partial charge in [-0.3, -0.25) is 30.6 Å². The summed E-state index contributed by atoms with van der Waals surface area (Å²) >= 11 is 4.96. The van der Waals surface area contributed by atoms with Gasteiger partial charge in [-0.15, -0.1) is 0 Å². The number of amides is 2. The lowest BCUT2D eigenvalue weighted by molar-refractivity contribution is -0.384. The number of benzene rings is 2. The Balaban J connectivity index is 1.82. The molecule has 0 unspecified atom stereocenters. The number of hydrogen-bond acceptors (Lipinski definition) is 5. The molecule has 2 amide bonds. The summed E-state index contributed by atoms with van der Waals surface area (Å²) in [4.78, 5) is 33.9. The maximum Gasteiger partial charge on any atom is 0.269 e. The highest BCUT2D eigenvalue weighted by molar-refractivity contribution is 7.80. The minimum Gasteiger partial charge on any atom is -0.302 e. The second-order valence-corrected chi connectivity index (χ2v) is 5.77. The van der Waals surface area contributed by atoms with Crippen molar-refractivity contribution in [2.75, 3.05) is 0 Å². The van der Waals surface area contributed by atoms with Gasteiger partial charge in [0.1, 0.15) is 0 Å². The molecular weight excluding hydrogens is 356 g/mol. The minimum atomic E-state index is -0.557. The van der Waals surface area contributed by atoms with Crippen molar-refractivity contribution in [3.8, 4) is 0 Å². The van der Waals surface area contributed by atoms with Crippen LogP contribution in [0.25, 0.3) is 0 Å². The number of nitro benzene ring substituents is 1. The molecular formula is C17H16N4O4S. The van der Waals surface area contributed by atoms with Crippen LogP contribution in [0, 0.1) is 17.0 Å². The first kappa shape index (κ1) is 19.0. The molecule has 2 aromatic rings. The van der Waals surface area contributed by atoms with Crippen molar-refractivity contribution in [3.63, 3.8) is 0 Å². The van der Waals surface area contributed by atoms with Crippen molar-refractivity contribution in [2.45, 2.75) is 13.3 Å². The van der Waals surface area contributed by atoms with Gasteiger partial charge >= 0.3 is 0 Å². The first-order valence-electron chi connectivity index (χ1n) is 7.56. The summed E-state index contributed by atoms with van der Waals surface area (Å²) < 4.78 is 0. The first-order chi connectivity index (χ1) is 12.4. The van der Waals surface area contributed by atoms with Crippen LogP contribution < -0.4 is 16.2 Å². The quantitative estimate of drug-likeness (QED) is 0.428. The molecule has 0 atom stereocenters. The Morgan fingerprint density at radius 1 is 1.08 bits per heavy atom. The summed E-state index contributed by atoms with van der Waals surface area (Å²) in [5.41, 5.74) is 6.69. The molecule has 9 heteroatoms. The molecule has 8 nitrogen and oxygen atoms in total. The third-order valence-corrected chi connectivity index (χ3v) is 3.70. The van der Waals surface area contributed by atoms with Crippen molar-refractivity contribution in [1.82, 2.24) is 16.2 Å². The van der Waals surface area contributed by atoms with E-state index in [1.54, 1.807) is 0 Å². The zero-order valence-electron chi connectivity index (χ0n) is 13.8. The molecule has 0 fully saturated rings. The highest BCUT2D eigenvalue weighted by atomic mass is 32.1. The van der Waals surface area contributed by atoms with E-state index in [2.05, 4.69) is 16.2 Å². The maximum atomic E-state index is 12.0. The number of nitrogens with zero attached hydrogens (tertiary/aromatic N) is 1. The third-order valence-electron chi connectivity index (χ3n) is 3.50. The van der Waals surface area contributed by atoms with Crippen LogP contribution in [0.4, 0.5) is 5.69 Å². The number of non-ortho nitro benzene ring substituents is 1. The Kier molecular flexibility index (Phi) is 6.34. The molecule has 2 aromatic carbocycles. The van der Waals surface area contributed by atoms with E-state index in [9.17, 15) is 19.7 Å². The molecule has 0 heterocycles. The number of carbonyl (C=O) groups is 2. The number of hydrazine groups is 1. The number of nitrogens with one attached hydrogen (secondary N) is 3. The third kappa shape index (κ3) is 5.35. The average Bonchev–Trinajstić information content (AvgIpc) is 2.61. The van der Waals surface area contributed by atoms with Crippen LogP contribution in [0.3, 0.4) is 0 Å². The Bertz CT molecular complexity index is 852. The predicted octanol–water partition coefficient (Wildman–Crippen LogP) is 1.78. The molecule has 0 spiro atoms. The van der Waals surface area contributed by atoms with Gasteiger partial charge < -0.3 is 5.32 Å². The van der Waals surface area contributed by atoms with Crippen molar-refractivity contribution < 1.29 is 14.5 Å². The van der Waals surface area contributed by atoms with Crippen molar-refractivity contribution in [1.29, 1.82) is 0 Å². The molecule has 0 radical (unpaired) electrons. The fraction of sp³-hybridized carbons (Fsp3) is 0.118. The molecule has 3 N–H and O–H groups in total. The van der Waals surface area contributed by atoms with Gasteiger partial charge in [0.2, 0.25) is 5.91 Å². The van der Waals surface area contributed by atoms with Gasteiger partial charge in [-0.2, -0.15) is 0 Å². The van der Waals surface area contributed by atoms with Crippen molar-refractivity contribution in [3.05, 3.63) is 75.3 Å². The number of rotatable bonds is 4. The fourth-order valence-electron chi connectivity index (χ4n) is 2.10. The lowest BCUT2D eigenvalue weighted by Crippen LogP contribution is -2.48. The van der Waals surface area contributed by atoms with E-state index >= 15 is 0 Å². The fourth-order valence-corrected chi connectivity index (χ4v) is 2.27. The van der Waals surface area contributed by atoms with Gasteiger partial charge in [-0.1, -0.05) is 24.3 Å². The van der Waals surface area contributed by atoms with Gasteiger partial charge in [0.05, 0.1) is 11.3 Å². The molecule has 0 aliphatic rings. The van der Waals surface area contributed by atoms with Crippen molar-refractivity contribution in [2.24, 2.45) is 0 Å². The number of thiocarbonyl (C=S) groups is 1. The van der Waals surface area contributed by atoms with E-state index in [1.807, 2.05) is 31.2 Å². The summed E-state index contributed by atoms with van der Waals surface area (Å²) in [6.45, 7) is 1.91. The van der Waals surface area contributed by atoms with E-state index in [-0.39, 0.29) is 28.7 Å². The highest BCUT2D eigenvalue weighted by Crippen LogP contribution is 2.11. The van der Waals surface area contributed by atoms with E-state index in [4.69, 9.17) is 12.2 Å². The largest absolute Gasteiger partial charge is 0.302 e. The molecule has 0 aliphatic heterocycles. The van der Waals surface area contributed by atoms with Gasteiger partial charge in [-0.25, -0.2) is 0 Å². The smallest absolute Gasteiger partial charge is 0.269 e. The maximum absolute atomic E-state index is 12.0. The number of aryl methyl sites for hydroxylation is 1. The van der Waals surface area contributed by atoms with E-state index in [1.165, 1.54) is 24.3 Å². The molecule has 2 rings (SSSR count). The Morgan fingerprint density at radius 2 is 1.73 bits per heavy atom. The summed E-state index contributed by atoms with van der Waals surface area (Å²) in [7, 11) is 0. The van der Waals surface area contributed by atoms with Gasteiger partial charge in [0.25, 0.3) is 11.6 Å². The monoisotopic (exact) mass is 372 g/mol. The molecule has 0 aliphatic carbocycles. The second kappa shape index (κ2) is 8.67. The van der Waals surface area contributed by atoms with Gasteiger partial charge in [0, 0.05) is 17.7 Å². The Hall–Kier alpha value is -3.33. The summed E-state index contributed by atoms with van der Waals surface area (Å²) in [6, 6.07) is 12.6. The predicted molar refractivity (Wildman–Crippen MR) is 99.3 cm³/mol. The molecule has 0 saturated heterocycles. The summed E-state index contributed by atoms with van der Waals surface area (Å²) in [6.07, 6.45) is 0.158. The Morgan fingerprint density at radius 3 is 2.35 bits per heavy atom. The number of carbonyl (C=O) groups excluding carboxylic acids is 2. The molecule has 134 valence electrons. The van der Waals surface area contributed by atoms with Crippen LogP contribution in [-0.4, -0.2) is 21.9 Å². The number of hydrogen-bond donors (Lipinski definition) is 3. The molecule has 0 aromatic heterocycles. The highest BCUT2D eigenvalue weighted by Gasteiger charge is 2.11. The zero-order chi connectivity index (χ0) is 19.1. The first-order valence-corrected chi connectivity index (χ1v) is 7.97. The van der Waals surface area contributed by atoms with E-state index in [0.29, 0.717) is 0 Å². The molecule has 0 bridgehead atoms. The summed E-state index contributed by atoms with van der Waals surface area (Å²) in [5.74, 6) is -0.864. The van der Waals surface area contributed by atoms with E-state index < -0.39 is 10.8 Å². The standard InChI is InChI=1S/C17H16N4O4S/c1-11-4-2-3-5-13(11)10-15(22)18-17(26)20-19-16(23)12-6-8-14(9-7-12)21(24)25/h2-9H,10H2,1H3,(H,19,23)(H2,18,20,22,26).